The molecule has 0 radical (unpaired) electrons. The average molecular weight is 258 g/mol. The highest BCUT2D eigenvalue weighted by Gasteiger charge is 2.19. The van der Waals surface area contributed by atoms with Crippen LogP contribution < -0.4 is 10.2 Å². The molecule has 0 atom stereocenters. The van der Waals surface area contributed by atoms with Crippen molar-refractivity contribution in [3.8, 4) is 6.07 Å². The van der Waals surface area contributed by atoms with Gasteiger partial charge in [-0.15, -0.1) is 0 Å². The summed E-state index contributed by atoms with van der Waals surface area (Å²) in [5.41, 5.74) is 1.65. The average Bonchev–Trinajstić information content (AvgIpc) is 2.72. The zero-order valence-corrected chi connectivity index (χ0v) is 11.1. The highest BCUT2D eigenvalue weighted by atomic mass is 16.2. The first kappa shape index (κ1) is 13.2. The van der Waals surface area contributed by atoms with Crippen LogP contribution in [-0.2, 0) is 0 Å². The lowest BCUT2D eigenvalue weighted by atomic mass is 10.1. The molecule has 1 aromatic rings. The summed E-state index contributed by atoms with van der Waals surface area (Å²) in [5, 5.41) is 11.8. The van der Waals surface area contributed by atoms with E-state index in [0.717, 1.165) is 31.7 Å². The Morgan fingerprint density at radius 3 is 2.79 bits per heavy atom. The van der Waals surface area contributed by atoms with E-state index < -0.39 is 0 Å². The Balaban J connectivity index is 2.11. The van der Waals surface area contributed by atoms with Crippen molar-refractivity contribution in [2.75, 3.05) is 38.1 Å². The number of carbonyl (C=O) groups is 1. The van der Waals surface area contributed by atoms with E-state index in [4.69, 9.17) is 5.26 Å². The number of benzene rings is 1. The molecule has 0 aromatic heterocycles. The maximum atomic E-state index is 11.6. The number of anilines is 1. The van der Waals surface area contributed by atoms with Crippen molar-refractivity contribution in [1.29, 1.82) is 5.26 Å². The Morgan fingerprint density at radius 2 is 2.05 bits per heavy atom. The number of para-hydroxylation sites is 1. The van der Waals surface area contributed by atoms with E-state index in [1.165, 1.54) is 0 Å². The van der Waals surface area contributed by atoms with Crippen LogP contribution in [-0.4, -0.2) is 44.2 Å². The summed E-state index contributed by atoms with van der Waals surface area (Å²) < 4.78 is 0. The molecule has 2 rings (SSSR count). The number of rotatable bonds is 1. The summed E-state index contributed by atoms with van der Waals surface area (Å²) in [7, 11) is 1.65. The molecule has 1 aromatic carbocycles. The molecule has 1 heterocycles. The van der Waals surface area contributed by atoms with E-state index in [2.05, 4.69) is 16.3 Å². The van der Waals surface area contributed by atoms with Crippen molar-refractivity contribution >= 4 is 11.7 Å². The zero-order valence-electron chi connectivity index (χ0n) is 11.1. The topological polar surface area (TPSA) is 59.4 Å². The van der Waals surface area contributed by atoms with Gasteiger partial charge in [0.2, 0.25) is 0 Å². The van der Waals surface area contributed by atoms with Crippen molar-refractivity contribution in [1.82, 2.24) is 10.2 Å². The van der Waals surface area contributed by atoms with E-state index in [9.17, 15) is 4.79 Å². The van der Waals surface area contributed by atoms with Crippen LogP contribution in [0.4, 0.5) is 10.5 Å². The molecule has 1 N–H and O–H groups in total. The van der Waals surface area contributed by atoms with Gasteiger partial charge in [-0.2, -0.15) is 5.26 Å². The number of urea groups is 1. The van der Waals surface area contributed by atoms with E-state index in [1.54, 1.807) is 7.05 Å². The van der Waals surface area contributed by atoms with Crippen LogP contribution in [0, 0.1) is 11.3 Å². The molecule has 0 bridgehead atoms. The number of carbonyl (C=O) groups excluding carboxylic acids is 1. The Hall–Kier alpha value is -2.22. The molecule has 1 aliphatic heterocycles. The van der Waals surface area contributed by atoms with Crippen LogP contribution in [0.15, 0.2) is 24.3 Å². The van der Waals surface area contributed by atoms with Gasteiger partial charge in [-0.25, -0.2) is 4.79 Å². The zero-order chi connectivity index (χ0) is 13.7. The Labute approximate surface area is 113 Å². The van der Waals surface area contributed by atoms with Gasteiger partial charge in [0.25, 0.3) is 0 Å². The fraction of sp³-hybridized carbons (Fsp3) is 0.429. The van der Waals surface area contributed by atoms with Crippen LogP contribution in [0.3, 0.4) is 0 Å². The van der Waals surface area contributed by atoms with Crippen LogP contribution >= 0.6 is 0 Å². The Kier molecular flexibility index (Phi) is 4.24. The summed E-state index contributed by atoms with van der Waals surface area (Å²) >= 11 is 0. The maximum Gasteiger partial charge on any atom is 0.317 e. The van der Waals surface area contributed by atoms with Gasteiger partial charge in [-0.3, -0.25) is 0 Å². The van der Waals surface area contributed by atoms with Crippen molar-refractivity contribution in [2.45, 2.75) is 6.42 Å². The summed E-state index contributed by atoms with van der Waals surface area (Å²) in [6.45, 7) is 3.06. The lowest BCUT2D eigenvalue weighted by Gasteiger charge is -2.24. The molecule has 1 aliphatic rings. The van der Waals surface area contributed by atoms with Crippen molar-refractivity contribution < 1.29 is 4.79 Å². The van der Waals surface area contributed by atoms with Crippen LogP contribution in [0.2, 0.25) is 0 Å². The molecular weight excluding hydrogens is 240 g/mol. The lowest BCUT2D eigenvalue weighted by molar-refractivity contribution is 0.204. The minimum absolute atomic E-state index is 0.0320. The highest BCUT2D eigenvalue weighted by Crippen LogP contribution is 2.21. The van der Waals surface area contributed by atoms with E-state index in [0.29, 0.717) is 12.1 Å². The van der Waals surface area contributed by atoms with Crippen LogP contribution in [0.5, 0.6) is 0 Å². The van der Waals surface area contributed by atoms with Gasteiger partial charge < -0.3 is 15.1 Å². The summed E-state index contributed by atoms with van der Waals surface area (Å²) in [6, 6.07) is 9.80. The second-order valence-corrected chi connectivity index (χ2v) is 4.51. The number of hydrogen-bond acceptors (Lipinski definition) is 3. The number of nitrogens with one attached hydrogen (secondary N) is 1. The van der Waals surface area contributed by atoms with E-state index >= 15 is 0 Å². The first-order valence-electron chi connectivity index (χ1n) is 6.47. The predicted octanol–water partition coefficient (Wildman–Crippen LogP) is 1.41. The number of nitrogens with zero attached hydrogens (tertiary/aromatic N) is 3. The first-order chi connectivity index (χ1) is 9.26. The summed E-state index contributed by atoms with van der Waals surface area (Å²) in [4.78, 5) is 15.6. The van der Waals surface area contributed by atoms with Gasteiger partial charge in [0.15, 0.2) is 0 Å². The third-order valence-electron chi connectivity index (χ3n) is 3.36. The van der Waals surface area contributed by atoms with Gasteiger partial charge in [-0.05, 0) is 18.6 Å². The SMILES string of the molecule is CNC(=O)N1CCCN(c2ccccc2C#N)CC1. The minimum Gasteiger partial charge on any atom is -0.369 e. The molecule has 19 heavy (non-hydrogen) atoms. The van der Waals surface area contributed by atoms with Gasteiger partial charge in [0.05, 0.1) is 11.3 Å². The third-order valence-corrected chi connectivity index (χ3v) is 3.36. The smallest absolute Gasteiger partial charge is 0.317 e. The first-order valence-corrected chi connectivity index (χ1v) is 6.47. The largest absolute Gasteiger partial charge is 0.369 e. The molecule has 0 unspecified atom stereocenters. The Bertz CT molecular complexity index is 494. The van der Waals surface area contributed by atoms with Crippen molar-refractivity contribution in [3.63, 3.8) is 0 Å². The molecule has 0 spiro atoms. The summed E-state index contributed by atoms with van der Waals surface area (Å²) in [6.07, 6.45) is 0.910. The molecule has 0 saturated carbocycles. The molecule has 1 saturated heterocycles. The van der Waals surface area contributed by atoms with E-state index in [1.807, 2.05) is 29.2 Å². The third kappa shape index (κ3) is 2.97. The highest BCUT2D eigenvalue weighted by molar-refractivity contribution is 5.74. The minimum atomic E-state index is -0.0320. The molecule has 100 valence electrons. The fourth-order valence-electron chi connectivity index (χ4n) is 2.36. The van der Waals surface area contributed by atoms with Crippen LogP contribution in [0.1, 0.15) is 12.0 Å². The van der Waals surface area contributed by atoms with Gasteiger partial charge in [0.1, 0.15) is 6.07 Å². The predicted molar refractivity (Wildman–Crippen MR) is 74.0 cm³/mol. The summed E-state index contributed by atoms with van der Waals surface area (Å²) in [5.74, 6) is 0. The molecule has 2 amide bonds. The normalized spacial score (nSPS) is 15.6. The number of amides is 2. The second kappa shape index (κ2) is 6.10. The van der Waals surface area contributed by atoms with Gasteiger partial charge in [-0.1, -0.05) is 12.1 Å². The monoisotopic (exact) mass is 258 g/mol. The van der Waals surface area contributed by atoms with E-state index in [-0.39, 0.29) is 6.03 Å². The standard InChI is InChI=1S/C14H18N4O/c1-16-14(19)18-8-4-7-17(9-10-18)13-6-3-2-5-12(13)11-15/h2-3,5-6H,4,7-10H2,1H3,(H,16,19). The maximum absolute atomic E-state index is 11.6. The fourth-order valence-corrected chi connectivity index (χ4v) is 2.36. The molecule has 5 heteroatoms. The molecule has 1 fully saturated rings. The molecule has 0 aliphatic carbocycles. The lowest BCUT2D eigenvalue weighted by Crippen LogP contribution is -2.40. The van der Waals surface area contributed by atoms with Crippen molar-refractivity contribution in [3.05, 3.63) is 29.8 Å². The van der Waals surface area contributed by atoms with Gasteiger partial charge in [0, 0.05) is 33.2 Å². The quantitative estimate of drug-likeness (QED) is 0.828. The second-order valence-electron chi connectivity index (χ2n) is 4.51. The van der Waals surface area contributed by atoms with Crippen LogP contribution in [0.25, 0.3) is 0 Å². The van der Waals surface area contributed by atoms with Gasteiger partial charge >= 0.3 is 6.03 Å². The Morgan fingerprint density at radius 1 is 1.26 bits per heavy atom. The van der Waals surface area contributed by atoms with Crippen molar-refractivity contribution in [2.24, 2.45) is 0 Å². The molecular formula is C14H18N4O. The molecule has 5 nitrogen and oxygen atoms in total. The number of nitriles is 1. The number of hydrogen-bond donors (Lipinski definition) is 1.